The number of benzene rings is 12. The second-order valence-corrected chi connectivity index (χ2v) is 18.3. The molecule has 2 nitrogen and oxygen atoms in total. The van der Waals surface area contributed by atoms with Crippen LogP contribution in [0.3, 0.4) is 0 Å². The van der Waals surface area contributed by atoms with Gasteiger partial charge in [-0.3, -0.25) is 0 Å². The van der Waals surface area contributed by atoms with Gasteiger partial charge in [-0.05, 0) is 147 Å². The van der Waals surface area contributed by atoms with Crippen molar-refractivity contribution in [1.82, 2.24) is 0 Å². The highest BCUT2D eigenvalue weighted by molar-refractivity contribution is 6.26. The summed E-state index contributed by atoms with van der Waals surface area (Å²) < 4.78 is 0. The lowest BCUT2D eigenvalue weighted by Crippen LogP contribution is -2.18. The molecule has 12 aromatic rings. The molecule has 14 rings (SSSR count). The largest absolute Gasteiger partial charge is 0.310 e. The fourth-order valence-electron chi connectivity index (χ4n) is 11.6. The number of fused-ring (bicyclic) bond motifs is 8. The summed E-state index contributed by atoms with van der Waals surface area (Å²) >= 11 is 0. The van der Waals surface area contributed by atoms with E-state index < -0.39 is 0 Å². The molecule has 68 heavy (non-hydrogen) atoms. The number of hydrogen-bond donors (Lipinski definition) is 0. The second-order valence-electron chi connectivity index (χ2n) is 18.3. The van der Waals surface area contributed by atoms with Gasteiger partial charge in [-0.2, -0.15) is 0 Å². The summed E-state index contributed by atoms with van der Waals surface area (Å²) in [6.07, 6.45) is 1.82. The van der Waals surface area contributed by atoms with E-state index in [0.717, 1.165) is 24.2 Å². The van der Waals surface area contributed by atoms with Gasteiger partial charge >= 0.3 is 0 Å². The first-order valence-electron chi connectivity index (χ1n) is 23.8. The van der Waals surface area contributed by atoms with Crippen LogP contribution in [0.5, 0.6) is 0 Å². The molecule has 0 fully saturated rings. The molecular weight excluding hydrogens is 821 g/mol. The number of para-hydroxylation sites is 4. The molecule has 0 N–H and O–H groups in total. The van der Waals surface area contributed by atoms with Gasteiger partial charge in [0, 0.05) is 47.0 Å². The van der Waals surface area contributed by atoms with Gasteiger partial charge in [0.25, 0.3) is 0 Å². The second kappa shape index (κ2) is 15.4. The van der Waals surface area contributed by atoms with E-state index in [9.17, 15) is 0 Å². The quantitative estimate of drug-likeness (QED) is 0.159. The zero-order valence-corrected chi connectivity index (χ0v) is 37.4. The Kier molecular flexibility index (Phi) is 8.75. The third kappa shape index (κ3) is 5.97. The minimum atomic E-state index is 0.907. The Hall–Kier alpha value is -8.72. The molecule has 2 heteroatoms. The smallest absolute Gasteiger partial charge is 0.0497 e. The van der Waals surface area contributed by atoms with Gasteiger partial charge in [-0.1, -0.05) is 194 Å². The molecule has 0 saturated carbocycles. The van der Waals surface area contributed by atoms with Crippen molar-refractivity contribution in [3.05, 3.63) is 265 Å². The van der Waals surface area contributed by atoms with E-state index in [0.29, 0.717) is 0 Å². The molecule has 0 amide bonds. The summed E-state index contributed by atoms with van der Waals surface area (Å²) in [5.41, 5.74) is 19.9. The number of anilines is 6. The van der Waals surface area contributed by atoms with E-state index in [1.165, 1.54) is 121 Å². The fraction of sp³-hybridized carbons (Fsp3) is 0.0303. The van der Waals surface area contributed by atoms with Crippen molar-refractivity contribution in [3.8, 4) is 33.4 Å². The van der Waals surface area contributed by atoms with E-state index in [1.807, 2.05) is 0 Å². The van der Waals surface area contributed by atoms with Crippen molar-refractivity contribution >= 4 is 77.2 Å². The fourth-order valence-corrected chi connectivity index (χ4v) is 11.6. The minimum Gasteiger partial charge on any atom is -0.310 e. The van der Waals surface area contributed by atoms with Crippen LogP contribution in [0.25, 0.3) is 76.5 Å². The molecule has 0 aromatic heterocycles. The third-order valence-corrected chi connectivity index (χ3v) is 14.6. The third-order valence-electron chi connectivity index (χ3n) is 14.6. The molecule has 0 bridgehead atoms. The van der Waals surface area contributed by atoms with E-state index in [2.05, 4.69) is 252 Å². The topological polar surface area (TPSA) is 6.48 Å². The van der Waals surface area contributed by atoms with Crippen molar-refractivity contribution in [3.63, 3.8) is 0 Å². The van der Waals surface area contributed by atoms with Crippen LogP contribution in [-0.4, -0.2) is 0 Å². The molecular formula is C66H44N2. The first-order valence-corrected chi connectivity index (χ1v) is 23.8. The lowest BCUT2D eigenvalue weighted by atomic mass is 9.82. The average molecular weight is 865 g/mol. The molecule has 318 valence electrons. The molecule has 12 aromatic carbocycles. The van der Waals surface area contributed by atoms with Crippen LogP contribution in [0.15, 0.2) is 243 Å². The summed E-state index contributed by atoms with van der Waals surface area (Å²) in [7, 11) is 0. The van der Waals surface area contributed by atoms with Crippen LogP contribution in [0.1, 0.15) is 22.3 Å². The maximum Gasteiger partial charge on any atom is 0.0497 e. The Morgan fingerprint density at radius 2 is 0.588 bits per heavy atom. The molecule has 2 aliphatic heterocycles. The highest BCUT2D eigenvalue weighted by atomic mass is 15.2. The Labute approximate surface area is 396 Å². The Balaban J connectivity index is 1.14. The normalized spacial score (nSPS) is 12.8. The molecule has 0 unspecified atom stereocenters. The van der Waals surface area contributed by atoms with Gasteiger partial charge in [0.2, 0.25) is 0 Å². The van der Waals surface area contributed by atoms with Gasteiger partial charge in [0.05, 0.1) is 0 Å². The number of nitrogens with zero attached hydrogens (tertiary/aromatic N) is 2. The summed E-state index contributed by atoms with van der Waals surface area (Å²) in [4.78, 5) is 4.98. The van der Waals surface area contributed by atoms with Crippen LogP contribution in [0.4, 0.5) is 34.1 Å². The number of rotatable bonds is 5. The van der Waals surface area contributed by atoms with Gasteiger partial charge in [0.15, 0.2) is 0 Å². The Morgan fingerprint density at radius 1 is 0.235 bits per heavy atom. The summed E-state index contributed by atoms with van der Waals surface area (Å²) in [6, 6.07) is 90.5. The molecule has 2 aliphatic rings. The van der Waals surface area contributed by atoms with Gasteiger partial charge in [-0.15, -0.1) is 0 Å². The maximum absolute atomic E-state index is 2.49. The Morgan fingerprint density at radius 3 is 1.09 bits per heavy atom. The van der Waals surface area contributed by atoms with E-state index in [1.54, 1.807) is 0 Å². The summed E-state index contributed by atoms with van der Waals surface area (Å²) in [6.45, 7) is 0. The Bertz CT molecular complexity index is 3910. The van der Waals surface area contributed by atoms with E-state index >= 15 is 0 Å². The van der Waals surface area contributed by atoms with Gasteiger partial charge in [-0.25, -0.2) is 0 Å². The zero-order chi connectivity index (χ0) is 44.7. The van der Waals surface area contributed by atoms with Crippen LogP contribution in [0.2, 0.25) is 0 Å². The lowest BCUT2D eigenvalue weighted by molar-refractivity contribution is 1.09. The van der Waals surface area contributed by atoms with Crippen molar-refractivity contribution in [2.24, 2.45) is 0 Å². The van der Waals surface area contributed by atoms with Crippen molar-refractivity contribution in [2.75, 3.05) is 9.80 Å². The first-order chi connectivity index (χ1) is 33.7. The van der Waals surface area contributed by atoms with E-state index in [4.69, 9.17) is 0 Å². The van der Waals surface area contributed by atoms with Crippen molar-refractivity contribution < 1.29 is 0 Å². The van der Waals surface area contributed by atoms with Crippen molar-refractivity contribution in [1.29, 1.82) is 0 Å². The lowest BCUT2D eigenvalue weighted by Gasteiger charge is -2.34. The standard InChI is InChI=1S/C66H44N2/c1-7-25-51-43(17-1)23-15-29-53(51)54-27-9-10-28-56(54)66-58-38-36-49(67-61-31-11-3-19-45(61)39-46-20-4-12-32-62(46)67)41-59(58)65(55-30-16-24-44-18-2-8-26-52(44)55)57-37-35-50(42-60(57)66)68-63-33-13-5-21-47(63)40-48-22-6-14-34-64(48)68/h1-38,41-42H,39-40H2. The minimum absolute atomic E-state index is 0.907. The maximum atomic E-state index is 2.49. The SMILES string of the molecule is c1ccc2c(c1)Cc1ccccc1N2c1ccc2c(-c3cccc4ccccc34)c3cc(N4c5ccccc5Cc5ccccc54)ccc3c(-c3ccccc3-c3cccc4ccccc34)c2c1. The highest BCUT2D eigenvalue weighted by Gasteiger charge is 2.28. The molecule has 0 atom stereocenters. The van der Waals surface area contributed by atoms with Crippen LogP contribution in [-0.2, 0) is 12.8 Å². The van der Waals surface area contributed by atoms with Crippen LogP contribution < -0.4 is 9.80 Å². The summed E-state index contributed by atoms with van der Waals surface area (Å²) in [5.74, 6) is 0. The van der Waals surface area contributed by atoms with E-state index in [-0.39, 0.29) is 0 Å². The van der Waals surface area contributed by atoms with Crippen LogP contribution in [0, 0.1) is 0 Å². The molecule has 0 spiro atoms. The number of hydrogen-bond acceptors (Lipinski definition) is 2. The first kappa shape index (κ1) is 38.5. The highest BCUT2D eigenvalue weighted by Crippen LogP contribution is 2.53. The molecule has 2 heterocycles. The monoisotopic (exact) mass is 864 g/mol. The summed E-state index contributed by atoms with van der Waals surface area (Å²) in [5, 5.41) is 9.81. The van der Waals surface area contributed by atoms with Crippen molar-refractivity contribution in [2.45, 2.75) is 12.8 Å². The average Bonchev–Trinajstić information content (AvgIpc) is 3.40. The van der Waals surface area contributed by atoms with Gasteiger partial charge in [0.1, 0.15) is 0 Å². The van der Waals surface area contributed by atoms with Gasteiger partial charge < -0.3 is 9.80 Å². The molecule has 0 aliphatic carbocycles. The zero-order valence-electron chi connectivity index (χ0n) is 37.4. The van der Waals surface area contributed by atoms with Crippen LogP contribution >= 0.6 is 0 Å². The molecule has 0 saturated heterocycles. The molecule has 0 radical (unpaired) electrons. The predicted molar refractivity (Wildman–Crippen MR) is 288 cm³/mol. The predicted octanol–water partition coefficient (Wildman–Crippen LogP) is 18.0.